The number of nitrogens with zero attached hydrogens (tertiary/aromatic N) is 1. The summed E-state index contributed by atoms with van der Waals surface area (Å²) in [6.07, 6.45) is 1.54. The van der Waals surface area contributed by atoms with Gasteiger partial charge < -0.3 is 14.8 Å². The van der Waals surface area contributed by atoms with Gasteiger partial charge in [0.15, 0.2) is 11.5 Å². The zero-order valence-electron chi connectivity index (χ0n) is 19.7. The predicted molar refractivity (Wildman–Crippen MR) is 139 cm³/mol. The Balaban J connectivity index is 1.54. The molecule has 4 rings (SSSR count). The lowest BCUT2D eigenvalue weighted by Crippen LogP contribution is -2.13. The number of nitriles is 1. The molecule has 5 nitrogen and oxygen atoms in total. The lowest BCUT2D eigenvalue weighted by Gasteiger charge is -2.14. The van der Waals surface area contributed by atoms with E-state index in [0.29, 0.717) is 36.0 Å². The van der Waals surface area contributed by atoms with Gasteiger partial charge in [0.2, 0.25) is 0 Å². The Hall–Kier alpha value is -4.56. The average molecular weight is 463 g/mol. The molecule has 0 atom stereocenters. The summed E-state index contributed by atoms with van der Waals surface area (Å²) in [5.74, 6) is 0.685. The van der Waals surface area contributed by atoms with Gasteiger partial charge in [0.25, 0.3) is 5.91 Å². The van der Waals surface area contributed by atoms with Crippen molar-refractivity contribution in [1.29, 1.82) is 5.26 Å². The van der Waals surface area contributed by atoms with Crippen LogP contribution in [0.4, 0.5) is 5.69 Å². The maximum Gasteiger partial charge on any atom is 0.266 e. The van der Waals surface area contributed by atoms with Crippen molar-refractivity contribution in [1.82, 2.24) is 0 Å². The van der Waals surface area contributed by atoms with Crippen LogP contribution < -0.4 is 14.8 Å². The second kappa shape index (κ2) is 11.0. The average Bonchev–Trinajstić information content (AvgIpc) is 2.87. The molecule has 4 aromatic rings. The second-order valence-electron chi connectivity index (χ2n) is 8.06. The molecule has 0 heterocycles. The first-order chi connectivity index (χ1) is 17.1. The van der Waals surface area contributed by atoms with Gasteiger partial charge in [0, 0.05) is 5.69 Å². The molecule has 0 fully saturated rings. The molecule has 0 radical (unpaired) electrons. The summed E-state index contributed by atoms with van der Waals surface area (Å²) in [5.41, 5.74) is 3.41. The Morgan fingerprint density at radius 2 is 1.74 bits per heavy atom. The summed E-state index contributed by atoms with van der Waals surface area (Å²) in [7, 11) is 0. The largest absolute Gasteiger partial charge is 0.490 e. The summed E-state index contributed by atoms with van der Waals surface area (Å²) in [5, 5.41) is 14.7. The number of hydrogen-bond acceptors (Lipinski definition) is 4. The minimum Gasteiger partial charge on any atom is -0.490 e. The fourth-order valence-electron chi connectivity index (χ4n) is 3.81. The Labute approximate surface area is 205 Å². The molecule has 0 aliphatic carbocycles. The molecule has 35 heavy (non-hydrogen) atoms. The number of nitrogens with one attached hydrogen (secondary N) is 1. The fraction of sp³-hybridized carbons (Fsp3) is 0.133. The summed E-state index contributed by atoms with van der Waals surface area (Å²) in [6.45, 7) is 4.68. The molecular formula is C30H26N2O3. The fourth-order valence-corrected chi connectivity index (χ4v) is 3.81. The van der Waals surface area contributed by atoms with E-state index in [1.165, 1.54) is 0 Å². The smallest absolute Gasteiger partial charge is 0.266 e. The predicted octanol–water partition coefficient (Wildman–Crippen LogP) is 6.67. The number of ether oxygens (including phenoxy) is 2. The van der Waals surface area contributed by atoms with Gasteiger partial charge in [-0.2, -0.15) is 5.26 Å². The quantitative estimate of drug-likeness (QED) is 0.234. The number of anilines is 1. The lowest BCUT2D eigenvalue weighted by atomic mass is 10.1. The SMILES string of the molecule is CCOc1cc(/C=C(/C#N)C(=O)Nc2cccc(C)c2)ccc1OCc1cccc2ccccc12. The Morgan fingerprint density at radius 1 is 0.943 bits per heavy atom. The highest BCUT2D eigenvalue weighted by atomic mass is 16.5. The van der Waals surface area contributed by atoms with E-state index in [-0.39, 0.29) is 5.57 Å². The van der Waals surface area contributed by atoms with Crippen molar-refractivity contribution in [2.24, 2.45) is 0 Å². The van der Waals surface area contributed by atoms with Gasteiger partial charge in [0.05, 0.1) is 6.61 Å². The third-order valence-electron chi connectivity index (χ3n) is 5.48. The molecule has 0 spiro atoms. The van der Waals surface area contributed by atoms with Crippen LogP contribution >= 0.6 is 0 Å². The van der Waals surface area contributed by atoms with Crippen LogP contribution in [0.1, 0.15) is 23.6 Å². The standard InChI is InChI=1S/C30H26N2O3/c1-3-34-29-18-22(17-25(19-31)30(33)32-26-12-6-8-21(2)16-26)14-15-28(29)35-20-24-11-7-10-23-9-4-5-13-27(23)24/h4-18H,3,20H2,1-2H3,(H,32,33)/b25-17-. The third-order valence-corrected chi connectivity index (χ3v) is 5.48. The molecule has 0 aliphatic heterocycles. The van der Waals surface area contributed by atoms with Crippen molar-refractivity contribution in [2.45, 2.75) is 20.5 Å². The zero-order valence-corrected chi connectivity index (χ0v) is 19.7. The normalized spacial score (nSPS) is 11.1. The zero-order chi connectivity index (χ0) is 24.6. The van der Waals surface area contributed by atoms with Crippen molar-refractivity contribution in [3.63, 3.8) is 0 Å². The highest BCUT2D eigenvalue weighted by Crippen LogP contribution is 2.31. The van der Waals surface area contributed by atoms with Crippen LogP contribution in [-0.4, -0.2) is 12.5 Å². The van der Waals surface area contributed by atoms with Crippen molar-refractivity contribution in [3.05, 3.63) is 107 Å². The molecule has 1 N–H and O–H groups in total. The van der Waals surface area contributed by atoms with E-state index in [2.05, 4.69) is 23.5 Å². The summed E-state index contributed by atoms with van der Waals surface area (Å²) >= 11 is 0. The van der Waals surface area contributed by atoms with Crippen molar-refractivity contribution < 1.29 is 14.3 Å². The number of carbonyl (C=O) groups excluding carboxylic acids is 1. The van der Waals surface area contributed by atoms with E-state index in [4.69, 9.17) is 9.47 Å². The van der Waals surface area contributed by atoms with Gasteiger partial charge in [-0.1, -0.05) is 60.7 Å². The first-order valence-corrected chi connectivity index (χ1v) is 11.4. The van der Waals surface area contributed by atoms with Crippen LogP contribution in [0.2, 0.25) is 0 Å². The highest BCUT2D eigenvalue weighted by molar-refractivity contribution is 6.09. The van der Waals surface area contributed by atoms with E-state index in [0.717, 1.165) is 21.9 Å². The van der Waals surface area contributed by atoms with E-state index in [9.17, 15) is 10.1 Å². The van der Waals surface area contributed by atoms with E-state index in [1.807, 2.05) is 62.4 Å². The molecule has 4 aromatic carbocycles. The number of hydrogen-bond donors (Lipinski definition) is 1. The van der Waals surface area contributed by atoms with E-state index in [1.54, 1.807) is 30.3 Å². The second-order valence-corrected chi connectivity index (χ2v) is 8.06. The van der Waals surface area contributed by atoms with Gasteiger partial charge in [-0.15, -0.1) is 0 Å². The third kappa shape index (κ3) is 5.87. The van der Waals surface area contributed by atoms with Gasteiger partial charge >= 0.3 is 0 Å². The van der Waals surface area contributed by atoms with Crippen molar-refractivity contribution in [2.75, 3.05) is 11.9 Å². The van der Waals surface area contributed by atoms with Gasteiger partial charge in [-0.05, 0) is 71.7 Å². The monoisotopic (exact) mass is 462 g/mol. The molecule has 0 aromatic heterocycles. The number of rotatable bonds is 8. The maximum absolute atomic E-state index is 12.6. The van der Waals surface area contributed by atoms with Gasteiger partial charge in [0.1, 0.15) is 18.2 Å². The Kier molecular flexibility index (Phi) is 7.44. The van der Waals surface area contributed by atoms with Crippen LogP contribution in [0, 0.1) is 18.3 Å². The van der Waals surface area contributed by atoms with E-state index < -0.39 is 5.91 Å². The molecule has 0 bridgehead atoms. The van der Waals surface area contributed by atoms with Crippen LogP contribution in [0.25, 0.3) is 16.8 Å². The van der Waals surface area contributed by atoms with Crippen LogP contribution in [0.15, 0.2) is 90.5 Å². The van der Waals surface area contributed by atoms with Gasteiger partial charge in [-0.3, -0.25) is 4.79 Å². The summed E-state index contributed by atoms with van der Waals surface area (Å²) in [6, 6.07) is 29.1. The maximum atomic E-state index is 12.6. The summed E-state index contributed by atoms with van der Waals surface area (Å²) < 4.78 is 11.9. The van der Waals surface area contributed by atoms with Crippen molar-refractivity contribution in [3.8, 4) is 17.6 Å². The molecule has 5 heteroatoms. The molecule has 0 saturated heterocycles. The number of benzene rings is 4. The number of carbonyl (C=O) groups is 1. The minimum atomic E-state index is -0.465. The first-order valence-electron chi connectivity index (χ1n) is 11.4. The molecule has 0 saturated carbocycles. The van der Waals surface area contributed by atoms with Crippen LogP contribution in [-0.2, 0) is 11.4 Å². The molecule has 0 aliphatic rings. The molecular weight excluding hydrogens is 436 g/mol. The lowest BCUT2D eigenvalue weighted by molar-refractivity contribution is -0.112. The first kappa shape index (κ1) is 23.6. The molecule has 1 amide bonds. The number of fused-ring (bicyclic) bond motifs is 1. The summed E-state index contributed by atoms with van der Waals surface area (Å²) in [4.78, 5) is 12.6. The van der Waals surface area contributed by atoms with E-state index >= 15 is 0 Å². The van der Waals surface area contributed by atoms with Gasteiger partial charge in [-0.25, -0.2) is 0 Å². The number of amides is 1. The van der Waals surface area contributed by atoms with Crippen LogP contribution in [0.5, 0.6) is 11.5 Å². The van der Waals surface area contributed by atoms with Crippen LogP contribution in [0.3, 0.4) is 0 Å². The number of aryl methyl sites for hydroxylation is 1. The topological polar surface area (TPSA) is 71.3 Å². The minimum absolute atomic E-state index is 0.00150. The highest BCUT2D eigenvalue weighted by Gasteiger charge is 2.12. The van der Waals surface area contributed by atoms with Crippen molar-refractivity contribution >= 4 is 28.4 Å². The Bertz CT molecular complexity index is 1430. The molecule has 0 unspecified atom stereocenters. The Morgan fingerprint density at radius 3 is 2.54 bits per heavy atom. The molecule has 174 valence electrons.